The maximum absolute atomic E-state index is 10.9. The summed E-state index contributed by atoms with van der Waals surface area (Å²) in [5, 5.41) is 0. The Morgan fingerprint density at radius 2 is 1.46 bits per heavy atom. The highest BCUT2D eigenvalue weighted by Crippen LogP contribution is 2.59. The third-order valence-electron chi connectivity index (χ3n) is 0.599. The maximum Gasteiger partial charge on any atom is 0.481 e. The fourth-order valence-corrected chi connectivity index (χ4v) is 2.40. The van der Waals surface area contributed by atoms with Crippen LogP contribution in [0, 0.1) is 0 Å². The van der Waals surface area contributed by atoms with Crippen LogP contribution in [-0.4, -0.2) is 20.3 Å². The van der Waals surface area contributed by atoms with Crippen LogP contribution >= 0.6 is 15.6 Å². The minimum Gasteiger partial charge on any atom is -0.302 e. The van der Waals surface area contributed by atoms with Gasteiger partial charge < -0.3 is 14.7 Å². The van der Waals surface area contributed by atoms with Crippen molar-refractivity contribution < 1.29 is 32.6 Å². The molecule has 0 rings (SSSR count). The van der Waals surface area contributed by atoms with Crippen LogP contribution in [0.15, 0.2) is 0 Å². The average Bonchev–Trinajstić information content (AvgIpc) is 1.43. The summed E-state index contributed by atoms with van der Waals surface area (Å²) in [7, 11) is -9.71. The molecular weight excluding hydrogens is 222 g/mol. The lowest BCUT2D eigenvalue weighted by Crippen LogP contribution is -2.17. The predicted octanol–water partition coefficient (Wildman–Crippen LogP) is 1.01. The summed E-state index contributed by atoms with van der Waals surface area (Å²) in [5.41, 5.74) is -1.03. The molecule has 0 saturated carbocycles. The summed E-state index contributed by atoms with van der Waals surface area (Å²) in [6, 6.07) is 0. The summed E-state index contributed by atoms with van der Waals surface area (Å²) >= 11 is 0. The van der Waals surface area contributed by atoms with E-state index < -0.39 is 21.2 Å². The van der Waals surface area contributed by atoms with E-state index in [1.54, 1.807) is 0 Å². The van der Waals surface area contributed by atoms with Crippen LogP contribution in [-0.2, 0) is 18.0 Å². The quantitative estimate of drug-likeness (QED) is 0.624. The number of phosphoric acid groups is 2. The first kappa shape index (κ1) is 13.3. The summed E-state index contributed by atoms with van der Waals surface area (Å²) in [6.07, 6.45) is 0. The second kappa shape index (κ2) is 3.79. The lowest BCUT2D eigenvalue weighted by Gasteiger charge is -2.22. The molecule has 3 N–H and O–H groups in total. The molecule has 0 aliphatic carbocycles. The van der Waals surface area contributed by atoms with Crippen molar-refractivity contribution in [2.75, 3.05) is 0 Å². The Bertz CT molecular complexity index is 260. The average molecular weight is 234 g/mol. The lowest BCUT2D eigenvalue weighted by atomic mass is 10.2. The number of phosphoric ester groups is 1. The Hall–Kier alpha value is 0.260. The number of hydrogen-bond donors (Lipinski definition) is 3. The molecule has 7 nitrogen and oxygen atoms in total. The van der Waals surface area contributed by atoms with Gasteiger partial charge in [-0.1, -0.05) is 0 Å². The van der Waals surface area contributed by atoms with Crippen molar-refractivity contribution >= 4 is 15.6 Å². The van der Waals surface area contributed by atoms with E-state index in [1.165, 1.54) is 20.8 Å². The molecule has 9 heteroatoms. The monoisotopic (exact) mass is 234 g/mol. The van der Waals surface area contributed by atoms with Crippen molar-refractivity contribution in [3.63, 3.8) is 0 Å². The van der Waals surface area contributed by atoms with Gasteiger partial charge in [0.1, 0.15) is 0 Å². The molecule has 0 aliphatic rings. The van der Waals surface area contributed by atoms with E-state index in [0.29, 0.717) is 0 Å². The molecule has 0 aromatic carbocycles. The first-order valence-electron chi connectivity index (χ1n) is 3.22. The van der Waals surface area contributed by atoms with Crippen molar-refractivity contribution in [1.82, 2.24) is 0 Å². The predicted molar refractivity (Wildman–Crippen MR) is 43.8 cm³/mol. The standard InChI is InChI=1S/C4H12O7P2/c1-4(2,3)10-13(8,9)11-12(5,6)7/h1-3H3,(H,8,9)(H2,5,6,7). The van der Waals surface area contributed by atoms with Gasteiger partial charge in [-0.25, -0.2) is 9.13 Å². The summed E-state index contributed by atoms with van der Waals surface area (Å²) in [5.74, 6) is 0. The molecule has 0 aromatic heterocycles. The van der Waals surface area contributed by atoms with E-state index in [-0.39, 0.29) is 0 Å². The van der Waals surface area contributed by atoms with E-state index in [2.05, 4.69) is 8.83 Å². The highest BCUT2D eigenvalue weighted by Gasteiger charge is 2.36. The second-order valence-corrected chi connectivity index (χ2v) is 6.00. The summed E-state index contributed by atoms with van der Waals surface area (Å²) < 4.78 is 29.0. The van der Waals surface area contributed by atoms with E-state index in [4.69, 9.17) is 14.7 Å². The zero-order chi connectivity index (χ0) is 10.9. The molecule has 80 valence electrons. The SMILES string of the molecule is CC(C)(C)OP(=O)(O)OP(=O)(O)O. The Kier molecular flexibility index (Phi) is 3.86. The van der Waals surface area contributed by atoms with Crippen LogP contribution in [0.25, 0.3) is 0 Å². The van der Waals surface area contributed by atoms with Crippen molar-refractivity contribution in [1.29, 1.82) is 0 Å². The van der Waals surface area contributed by atoms with E-state index in [0.717, 1.165) is 0 Å². The van der Waals surface area contributed by atoms with Gasteiger partial charge in [-0.05, 0) is 20.8 Å². The largest absolute Gasteiger partial charge is 0.481 e. The molecule has 0 amide bonds. The smallest absolute Gasteiger partial charge is 0.302 e. The maximum atomic E-state index is 10.9. The first-order valence-corrected chi connectivity index (χ1v) is 6.24. The third kappa shape index (κ3) is 8.59. The van der Waals surface area contributed by atoms with Gasteiger partial charge in [-0.3, -0.25) is 4.52 Å². The molecule has 0 spiro atoms. The molecule has 0 fully saturated rings. The second-order valence-electron chi connectivity index (χ2n) is 3.24. The van der Waals surface area contributed by atoms with Crippen molar-refractivity contribution in [3.8, 4) is 0 Å². The van der Waals surface area contributed by atoms with Gasteiger partial charge in [-0.2, -0.15) is 4.31 Å². The zero-order valence-electron chi connectivity index (χ0n) is 7.37. The molecule has 0 radical (unpaired) electrons. The Labute approximate surface area is 75.5 Å². The molecule has 1 unspecified atom stereocenters. The van der Waals surface area contributed by atoms with Gasteiger partial charge in [0.15, 0.2) is 0 Å². The fourth-order valence-electron chi connectivity index (χ4n) is 0.497. The van der Waals surface area contributed by atoms with Crippen LogP contribution in [0.1, 0.15) is 20.8 Å². The molecule has 0 bridgehead atoms. The molecule has 0 saturated heterocycles. The third-order valence-corrected chi connectivity index (χ3v) is 3.05. The molecule has 1 atom stereocenters. The molecule has 0 aromatic rings. The van der Waals surface area contributed by atoms with Crippen LogP contribution < -0.4 is 0 Å². The van der Waals surface area contributed by atoms with Crippen LogP contribution in [0.5, 0.6) is 0 Å². The lowest BCUT2D eigenvalue weighted by molar-refractivity contribution is 0.0789. The normalized spacial score (nSPS) is 18.3. The van der Waals surface area contributed by atoms with Gasteiger partial charge >= 0.3 is 15.6 Å². The van der Waals surface area contributed by atoms with Gasteiger partial charge in [0.25, 0.3) is 0 Å². The van der Waals surface area contributed by atoms with Crippen LogP contribution in [0.3, 0.4) is 0 Å². The van der Waals surface area contributed by atoms with Gasteiger partial charge in [0.05, 0.1) is 5.60 Å². The van der Waals surface area contributed by atoms with Crippen LogP contribution in [0.4, 0.5) is 0 Å². The zero-order valence-corrected chi connectivity index (χ0v) is 9.16. The number of rotatable bonds is 3. The fraction of sp³-hybridized carbons (Fsp3) is 1.00. The van der Waals surface area contributed by atoms with Gasteiger partial charge in [0.2, 0.25) is 0 Å². The summed E-state index contributed by atoms with van der Waals surface area (Å²) in [6.45, 7) is 4.33. The minimum absolute atomic E-state index is 1.03. The van der Waals surface area contributed by atoms with E-state index >= 15 is 0 Å². The highest BCUT2D eigenvalue weighted by atomic mass is 31.3. The molecule has 13 heavy (non-hydrogen) atoms. The molecular formula is C4H12O7P2. The Morgan fingerprint density at radius 1 is 1.08 bits per heavy atom. The van der Waals surface area contributed by atoms with Crippen molar-refractivity contribution in [2.24, 2.45) is 0 Å². The van der Waals surface area contributed by atoms with E-state index in [1.807, 2.05) is 0 Å². The topological polar surface area (TPSA) is 113 Å². The molecule has 0 heterocycles. The van der Waals surface area contributed by atoms with Crippen molar-refractivity contribution in [2.45, 2.75) is 26.4 Å². The Morgan fingerprint density at radius 3 is 1.69 bits per heavy atom. The van der Waals surface area contributed by atoms with E-state index in [9.17, 15) is 9.13 Å². The number of hydrogen-bond acceptors (Lipinski definition) is 4. The van der Waals surface area contributed by atoms with Crippen molar-refractivity contribution in [3.05, 3.63) is 0 Å². The first-order chi connectivity index (χ1) is 5.41. The Balaban J connectivity index is 4.44. The van der Waals surface area contributed by atoms with Gasteiger partial charge in [0, 0.05) is 0 Å². The van der Waals surface area contributed by atoms with Crippen LogP contribution in [0.2, 0.25) is 0 Å². The summed E-state index contributed by atoms with van der Waals surface area (Å²) in [4.78, 5) is 25.3. The van der Waals surface area contributed by atoms with Gasteiger partial charge in [-0.15, -0.1) is 0 Å². The minimum atomic E-state index is -5.01. The molecule has 0 aliphatic heterocycles. The highest BCUT2D eigenvalue weighted by molar-refractivity contribution is 7.60.